The molecule has 2 nitrogen and oxygen atoms in total. The van der Waals surface area contributed by atoms with E-state index < -0.39 is 0 Å². The van der Waals surface area contributed by atoms with Crippen molar-refractivity contribution >= 4 is 50.7 Å². The Labute approximate surface area is 123 Å². The Kier molecular flexibility index (Phi) is 4.27. The molecule has 0 aliphatic carbocycles. The maximum absolute atomic E-state index is 12.0. The number of nitrogens with one attached hydrogen (secondary N) is 1. The van der Waals surface area contributed by atoms with E-state index in [9.17, 15) is 4.79 Å². The lowest BCUT2D eigenvalue weighted by atomic mass is 10.2. The maximum Gasteiger partial charge on any atom is 0.255 e. The second-order valence-electron chi connectivity index (χ2n) is 3.59. The van der Waals surface area contributed by atoms with E-state index in [1.807, 2.05) is 0 Å². The molecule has 0 heterocycles. The monoisotopic (exact) mass is 343 g/mol. The van der Waals surface area contributed by atoms with Crippen molar-refractivity contribution in [3.63, 3.8) is 0 Å². The number of halogens is 3. The van der Waals surface area contributed by atoms with Gasteiger partial charge in [0.05, 0.1) is 10.7 Å². The Morgan fingerprint density at radius 3 is 2.50 bits per heavy atom. The Hall–Kier alpha value is -1.03. The molecule has 0 saturated heterocycles. The van der Waals surface area contributed by atoms with E-state index in [1.165, 1.54) is 0 Å². The van der Waals surface area contributed by atoms with Gasteiger partial charge in [0.1, 0.15) is 0 Å². The van der Waals surface area contributed by atoms with Crippen molar-refractivity contribution in [2.75, 3.05) is 5.32 Å². The fourth-order valence-corrected chi connectivity index (χ4v) is 2.49. The zero-order valence-electron chi connectivity index (χ0n) is 9.08. The minimum Gasteiger partial charge on any atom is -0.321 e. The minimum absolute atomic E-state index is 0.258. The van der Waals surface area contributed by atoms with Crippen LogP contribution in [0.5, 0.6) is 0 Å². The molecule has 0 bridgehead atoms. The highest BCUT2D eigenvalue weighted by molar-refractivity contribution is 9.10. The van der Waals surface area contributed by atoms with Crippen molar-refractivity contribution < 1.29 is 4.79 Å². The fraction of sp³-hybridized carbons (Fsp3) is 0. The molecule has 2 aromatic rings. The van der Waals surface area contributed by atoms with Crippen molar-refractivity contribution in [3.8, 4) is 0 Å². The molecule has 1 N–H and O–H groups in total. The maximum atomic E-state index is 12.0. The number of para-hydroxylation sites is 1. The molecule has 0 atom stereocenters. The molecule has 0 unspecified atom stereocenters. The lowest BCUT2D eigenvalue weighted by Crippen LogP contribution is -2.12. The number of carbonyl (C=O) groups is 1. The summed E-state index contributed by atoms with van der Waals surface area (Å²) >= 11 is 15.2. The largest absolute Gasteiger partial charge is 0.321 e. The van der Waals surface area contributed by atoms with Gasteiger partial charge in [0.25, 0.3) is 5.91 Å². The normalized spacial score (nSPS) is 10.2. The van der Waals surface area contributed by atoms with Crippen LogP contribution in [0.2, 0.25) is 10.0 Å². The van der Waals surface area contributed by atoms with Crippen molar-refractivity contribution in [1.82, 2.24) is 0 Å². The highest BCUT2D eigenvalue weighted by Crippen LogP contribution is 2.23. The van der Waals surface area contributed by atoms with Gasteiger partial charge in [-0.2, -0.15) is 0 Å². The summed E-state index contributed by atoms with van der Waals surface area (Å²) in [5, 5.41) is 3.72. The van der Waals surface area contributed by atoms with Gasteiger partial charge in [0, 0.05) is 15.1 Å². The summed E-state index contributed by atoms with van der Waals surface area (Å²) in [7, 11) is 0. The van der Waals surface area contributed by atoms with Crippen LogP contribution >= 0.6 is 39.1 Å². The SMILES string of the molecule is O=C(Nc1ccccc1Cl)c1cc(Cl)cc(Br)c1. The molecule has 2 aromatic carbocycles. The van der Waals surface area contributed by atoms with Crippen LogP contribution in [-0.2, 0) is 0 Å². The highest BCUT2D eigenvalue weighted by atomic mass is 79.9. The van der Waals surface area contributed by atoms with E-state index in [4.69, 9.17) is 23.2 Å². The van der Waals surface area contributed by atoms with Crippen LogP contribution in [-0.4, -0.2) is 5.91 Å². The molecular weight excluding hydrogens is 337 g/mol. The lowest BCUT2D eigenvalue weighted by molar-refractivity contribution is 0.102. The molecule has 0 spiro atoms. The molecule has 5 heteroatoms. The summed E-state index contributed by atoms with van der Waals surface area (Å²) in [5.74, 6) is -0.258. The van der Waals surface area contributed by atoms with Gasteiger partial charge < -0.3 is 5.32 Å². The van der Waals surface area contributed by atoms with Crippen molar-refractivity contribution in [2.24, 2.45) is 0 Å². The third kappa shape index (κ3) is 3.25. The van der Waals surface area contributed by atoms with Crippen molar-refractivity contribution in [1.29, 1.82) is 0 Å². The first kappa shape index (κ1) is 13.4. The van der Waals surface area contributed by atoms with Gasteiger partial charge in [-0.05, 0) is 30.3 Å². The van der Waals surface area contributed by atoms with Gasteiger partial charge in [-0.1, -0.05) is 51.3 Å². The summed E-state index contributed by atoms with van der Waals surface area (Å²) < 4.78 is 0.749. The summed E-state index contributed by atoms with van der Waals surface area (Å²) in [4.78, 5) is 12.0. The van der Waals surface area contributed by atoms with E-state index in [-0.39, 0.29) is 5.91 Å². The number of hydrogen-bond donors (Lipinski definition) is 1. The van der Waals surface area contributed by atoms with Crippen LogP contribution in [0.15, 0.2) is 46.9 Å². The number of hydrogen-bond acceptors (Lipinski definition) is 1. The minimum atomic E-state index is -0.258. The number of carbonyl (C=O) groups excluding carboxylic acids is 1. The first-order valence-corrected chi connectivity index (χ1v) is 6.63. The van der Waals surface area contributed by atoms with Gasteiger partial charge >= 0.3 is 0 Å². The molecule has 18 heavy (non-hydrogen) atoms. The van der Waals surface area contributed by atoms with Crippen LogP contribution in [0.4, 0.5) is 5.69 Å². The summed E-state index contributed by atoms with van der Waals surface area (Å²) in [6.45, 7) is 0. The topological polar surface area (TPSA) is 29.1 Å². The Balaban J connectivity index is 2.25. The van der Waals surface area contributed by atoms with Gasteiger partial charge in [-0.3, -0.25) is 4.79 Å². The fourth-order valence-electron chi connectivity index (χ4n) is 1.44. The van der Waals surface area contributed by atoms with E-state index in [1.54, 1.807) is 42.5 Å². The first-order valence-electron chi connectivity index (χ1n) is 5.08. The molecule has 0 aromatic heterocycles. The molecule has 92 valence electrons. The number of amides is 1. The number of rotatable bonds is 2. The standard InChI is InChI=1S/C13H8BrCl2NO/c14-9-5-8(6-10(15)7-9)13(18)17-12-4-2-1-3-11(12)16/h1-7H,(H,17,18). The predicted octanol–water partition coefficient (Wildman–Crippen LogP) is 5.01. The van der Waals surface area contributed by atoms with E-state index >= 15 is 0 Å². The van der Waals surface area contributed by atoms with Crippen molar-refractivity contribution in [2.45, 2.75) is 0 Å². The van der Waals surface area contributed by atoms with E-state index in [0.717, 1.165) is 4.47 Å². The molecule has 0 radical (unpaired) electrons. The molecule has 0 aliphatic rings. The summed E-state index contributed by atoms with van der Waals surface area (Å²) in [6.07, 6.45) is 0. The van der Waals surface area contributed by atoms with Crippen LogP contribution in [0.3, 0.4) is 0 Å². The molecule has 0 fully saturated rings. The quantitative estimate of drug-likeness (QED) is 0.815. The highest BCUT2D eigenvalue weighted by Gasteiger charge is 2.09. The molecule has 0 aliphatic heterocycles. The zero-order chi connectivity index (χ0) is 13.1. The number of benzene rings is 2. The smallest absolute Gasteiger partial charge is 0.255 e. The lowest BCUT2D eigenvalue weighted by Gasteiger charge is -2.07. The van der Waals surface area contributed by atoms with E-state index in [0.29, 0.717) is 21.3 Å². The second kappa shape index (κ2) is 5.74. The molecule has 1 amide bonds. The van der Waals surface area contributed by atoms with Gasteiger partial charge in [-0.25, -0.2) is 0 Å². The second-order valence-corrected chi connectivity index (χ2v) is 5.35. The van der Waals surface area contributed by atoms with Crippen molar-refractivity contribution in [3.05, 3.63) is 62.5 Å². The van der Waals surface area contributed by atoms with Gasteiger partial charge in [-0.15, -0.1) is 0 Å². The Morgan fingerprint density at radius 1 is 1.11 bits per heavy atom. The third-order valence-corrected chi connectivity index (χ3v) is 3.25. The molecular formula is C13H8BrCl2NO. The first-order chi connectivity index (χ1) is 8.56. The van der Waals surface area contributed by atoms with E-state index in [2.05, 4.69) is 21.2 Å². The molecule has 2 rings (SSSR count). The zero-order valence-corrected chi connectivity index (χ0v) is 12.2. The average Bonchev–Trinajstić information content (AvgIpc) is 2.31. The van der Waals surface area contributed by atoms with Crippen LogP contribution in [0.25, 0.3) is 0 Å². The third-order valence-electron chi connectivity index (χ3n) is 2.25. The van der Waals surface area contributed by atoms with Gasteiger partial charge in [0.15, 0.2) is 0 Å². The Bertz CT molecular complexity index is 581. The Morgan fingerprint density at radius 2 is 1.83 bits per heavy atom. The molecule has 0 saturated carbocycles. The van der Waals surface area contributed by atoms with Crippen LogP contribution in [0, 0.1) is 0 Å². The number of anilines is 1. The summed E-state index contributed by atoms with van der Waals surface area (Å²) in [5.41, 5.74) is 1.04. The average molecular weight is 345 g/mol. The van der Waals surface area contributed by atoms with Crippen LogP contribution < -0.4 is 5.32 Å². The van der Waals surface area contributed by atoms with Gasteiger partial charge in [0.2, 0.25) is 0 Å². The predicted molar refractivity (Wildman–Crippen MR) is 78.6 cm³/mol. The summed E-state index contributed by atoms with van der Waals surface area (Å²) in [6, 6.07) is 12.1. The van der Waals surface area contributed by atoms with Crippen LogP contribution in [0.1, 0.15) is 10.4 Å².